The molecule has 1 N–H and O–H groups in total. The van der Waals surface area contributed by atoms with Crippen LogP contribution in [0, 0.1) is 0 Å². The van der Waals surface area contributed by atoms with Crippen LogP contribution in [-0.4, -0.2) is 24.2 Å². The highest BCUT2D eigenvalue weighted by Crippen LogP contribution is 2.26. The van der Waals surface area contributed by atoms with E-state index in [1.807, 2.05) is 12.1 Å². The van der Waals surface area contributed by atoms with E-state index in [9.17, 15) is 0 Å². The van der Waals surface area contributed by atoms with Gasteiger partial charge in [-0.05, 0) is 24.1 Å². The molecule has 2 rings (SSSR count). The van der Waals surface area contributed by atoms with Crippen LogP contribution < -0.4 is 10.1 Å². The lowest BCUT2D eigenvalue weighted by atomic mass is 10.1. The summed E-state index contributed by atoms with van der Waals surface area (Å²) < 4.78 is 5.14. The van der Waals surface area contributed by atoms with Gasteiger partial charge in [0.05, 0.1) is 7.11 Å². The monoisotopic (exact) mass is 237 g/mol. The lowest BCUT2D eigenvalue weighted by Gasteiger charge is -2.11. The van der Waals surface area contributed by atoms with Crippen LogP contribution in [-0.2, 0) is 6.54 Å². The summed E-state index contributed by atoms with van der Waals surface area (Å²) in [5.41, 5.74) is 1.32. The quantitative estimate of drug-likeness (QED) is 0.870. The van der Waals surface area contributed by atoms with E-state index in [-0.39, 0.29) is 0 Å². The topological polar surface area (TPSA) is 21.3 Å². The summed E-state index contributed by atoms with van der Waals surface area (Å²) in [6.07, 6.45) is 1.29. The van der Waals surface area contributed by atoms with Crippen molar-refractivity contribution in [1.29, 1.82) is 0 Å². The van der Waals surface area contributed by atoms with Crippen LogP contribution in [0.5, 0.6) is 5.75 Å². The highest BCUT2D eigenvalue weighted by molar-refractivity contribution is 8.00. The van der Waals surface area contributed by atoms with Crippen molar-refractivity contribution in [3.8, 4) is 5.75 Å². The summed E-state index contributed by atoms with van der Waals surface area (Å²) in [6, 6.07) is 8.96. The fourth-order valence-corrected chi connectivity index (χ4v) is 3.15. The third-order valence-corrected chi connectivity index (χ3v) is 4.31. The Labute approximate surface area is 102 Å². The molecule has 1 aliphatic heterocycles. The summed E-state index contributed by atoms with van der Waals surface area (Å²) in [7, 11) is 1.70. The summed E-state index contributed by atoms with van der Waals surface area (Å²) in [5, 5.41) is 4.42. The third kappa shape index (κ3) is 3.16. The first-order valence-corrected chi connectivity index (χ1v) is 6.80. The van der Waals surface area contributed by atoms with E-state index in [4.69, 9.17) is 4.74 Å². The Morgan fingerprint density at radius 2 is 2.12 bits per heavy atom. The maximum Gasteiger partial charge on any atom is 0.118 e. The lowest BCUT2D eigenvalue weighted by Crippen LogP contribution is -2.28. The SMILES string of the molecule is COc1ccc(CNC2CSC(C)C2)cc1. The van der Waals surface area contributed by atoms with Crippen molar-refractivity contribution in [2.24, 2.45) is 0 Å². The van der Waals surface area contributed by atoms with Gasteiger partial charge in [0.2, 0.25) is 0 Å². The van der Waals surface area contributed by atoms with Gasteiger partial charge >= 0.3 is 0 Å². The predicted octanol–water partition coefficient (Wildman–Crippen LogP) is 2.68. The molecule has 1 aliphatic rings. The molecule has 16 heavy (non-hydrogen) atoms. The molecule has 0 aliphatic carbocycles. The number of benzene rings is 1. The van der Waals surface area contributed by atoms with Crippen molar-refractivity contribution in [3.05, 3.63) is 29.8 Å². The minimum absolute atomic E-state index is 0.683. The molecule has 0 amide bonds. The normalized spacial score (nSPS) is 24.6. The Balaban J connectivity index is 1.80. The van der Waals surface area contributed by atoms with Gasteiger partial charge in [0, 0.05) is 23.6 Å². The average Bonchev–Trinajstić information content (AvgIpc) is 2.73. The first kappa shape index (κ1) is 11.8. The van der Waals surface area contributed by atoms with E-state index in [1.54, 1.807) is 7.11 Å². The Hall–Kier alpha value is -0.670. The van der Waals surface area contributed by atoms with E-state index in [2.05, 4.69) is 36.1 Å². The van der Waals surface area contributed by atoms with Crippen LogP contribution in [0.2, 0.25) is 0 Å². The van der Waals surface area contributed by atoms with Crippen LogP contribution in [0.15, 0.2) is 24.3 Å². The van der Waals surface area contributed by atoms with E-state index in [1.165, 1.54) is 17.7 Å². The van der Waals surface area contributed by atoms with Gasteiger partial charge in [-0.1, -0.05) is 19.1 Å². The zero-order valence-corrected chi connectivity index (χ0v) is 10.7. The van der Waals surface area contributed by atoms with Crippen LogP contribution >= 0.6 is 11.8 Å². The summed E-state index contributed by atoms with van der Waals surface area (Å²) in [6.45, 7) is 3.27. The number of rotatable bonds is 4. The minimum atomic E-state index is 0.683. The largest absolute Gasteiger partial charge is 0.497 e. The van der Waals surface area contributed by atoms with Crippen molar-refractivity contribution >= 4 is 11.8 Å². The standard InChI is InChI=1S/C13H19NOS/c1-10-7-12(9-16-10)14-8-11-3-5-13(15-2)6-4-11/h3-6,10,12,14H,7-9H2,1-2H3. The van der Waals surface area contributed by atoms with Crippen LogP contribution in [0.1, 0.15) is 18.9 Å². The maximum absolute atomic E-state index is 5.14. The van der Waals surface area contributed by atoms with Crippen molar-refractivity contribution in [1.82, 2.24) is 5.32 Å². The first-order chi connectivity index (χ1) is 7.78. The second-order valence-electron chi connectivity index (χ2n) is 4.31. The third-order valence-electron chi connectivity index (χ3n) is 2.95. The number of hydrogen-bond donors (Lipinski definition) is 1. The molecule has 88 valence electrons. The first-order valence-electron chi connectivity index (χ1n) is 5.76. The zero-order valence-electron chi connectivity index (χ0n) is 9.90. The number of nitrogens with one attached hydrogen (secondary N) is 1. The van der Waals surface area contributed by atoms with Gasteiger partial charge in [-0.15, -0.1) is 0 Å². The molecule has 1 saturated heterocycles. The fourth-order valence-electron chi connectivity index (χ4n) is 1.97. The predicted molar refractivity (Wildman–Crippen MR) is 70.2 cm³/mol. The highest BCUT2D eigenvalue weighted by Gasteiger charge is 2.20. The molecule has 1 aromatic carbocycles. The Morgan fingerprint density at radius 3 is 2.69 bits per heavy atom. The van der Waals surface area contributed by atoms with Gasteiger partial charge in [0.25, 0.3) is 0 Å². The molecule has 0 saturated carbocycles. The van der Waals surface area contributed by atoms with Gasteiger partial charge in [-0.25, -0.2) is 0 Å². The molecule has 2 atom stereocenters. The molecule has 1 aromatic rings. The Bertz CT molecular complexity index is 325. The molecule has 2 nitrogen and oxygen atoms in total. The molecule has 2 unspecified atom stereocenters. The zero-order chi connectivity index (χ0) is 11.4. The van der Waals surface area contributed by atoms with Gasteiger partial charge < -0.3 is 10.1 Å². The van der Waals surface area contributed by atoms with Crippen molar-refractivity contribution in [3.63, 3.8) is 0 Å². The second-order valence-corrected chi connectivity index (χ2v) is 5.78. The molecule has 0 bridgehead atoms. The molecule has 0 radical (unpaired) electrons. The average molecular weight is 237 g/mol. The highest BCUT2D eigenvalue weighted by atomic mass is 32.2. The molecule has 1 heterocycles. The van der Waals surface area contributed by atoms with Crippen molar-refractivity contribution in [2.75, 3.05) is 12.9 Å². The number of hydrogen-bond acceptors (Lipinski definition) is 3. The molecule has 3 heteroatoms. The van der Waals surface area contributed by atoms with E-state index >= 15 is 0 Å². The Kier molecular flexibility index (Phi) is 4.13. The number of methoxy groups -OCH3 is 1. The smallest absolute Gasteiger partial charge is 0.118 e. The molecule has 0 aromatic heterocycles. The van der Waals surface area contributed by atoms with Crippen molar-refractivity contribution < 1.29 is 4.74 Å². The van der Waals surface area contributed by atoms with Gasteiger partial charge in [0.1, 0.15) is 5.75 Å². The number of ether oxygens (including phenoxy) is 1. The van der Waals surface area contributed by atoms with E-state index in [0.717, 1.165) is 17.5 Å². The molecule has 0 spiro atoms. The van der Waals surface area contributed by atoms with Crippen molar-refractivity contribution in [2.45, 2.75) is 31.2 Å². The summed E-state index contributed by atoms with van der Waals surface area (Å²) >= 11 is 2.06. The minimum Gasteiger partial charge on any atom is -0.497 e. The van der Waals surface area contributed by atoms with E-state index < -0.39 is 0 Å². The molecular weight excluding hydrogens is 218 g/mol. The van der Waals surface area contributed by atoms with Crippen LogP contribution in [0.4, 0.5) is 0 Å². The van der Waals surface area contributed by atoms with Gasteiger partial charge in [-0.2, -0.15) is 11.8 Å². The van der Waals surface area contributed by atoms with Gasteiger partial charge in [0.15, 0.2) is 0 Å². The second kappa shape index (κ2) is 5.60. The summed E-state index contributed by atoms with van der Waals surface area (Å²) in [5.74, 6) is 2.17. The molecule has 1 fully saturated rings. The molecular formula is C13H19NOS. The van der Waals surface area contributed by atoms with Crippen LogP contribution in [0.3, 0.4) is 0 Å². The maximum atomic E-state index is 5.14. The van der Waals surface area contributed by atoms with Crippen LogP contribution in [0.25, 0.3) is 0 Å². The lowest BCUT2D eigenvalue weighted by molar-refractivity contribution is 0.414. The Morgan fingerprint density at radius 1 is 1.38 bits per heavy atom. The van der Waals surface area contributed by atoms with Gasteiger partial charge in [-0.3, -0.25) is 0 Å². The number of thioether (sulfide) groups is 1. The van der Waals surface area contributed by atoms with E-state index in [0.29, 0.717) is 6.04 Å². The summed E-state index contributed by atoms with van der Waals surface area (Å²) in [4.78, 5) is 0. The fraction of sp³-hybridized carbons (Fsp3) is 0.538.